The van der Waals surface area contributed by atoms with Crippen LogP contribution in [0.5, 0.6) is 5.75 Å². The van der Waals surface area contributed by atoms with Gasteiger partial charge in [-0.05, 0) is 17.7 Å². The number of hydrogen-bond acceptors (Lipinski definition) is 3. The zero-order chi connectivity index (χ0) is 9.84. The monoisotopic (exact) mass is 201 g/mol. The van der Waals surface area contributed by atoms with Crippen molar-refractivity contribution in [3.63, 3.8) is 0 Å². The Labute approximate surface area is 82.5 Å². The molecule has 72 valence electrons. The van der Waals surface area contributed by atoms with Crippen molar-refractivity contribution in [3.05, 3.63) is 29.8 Å². The highest BCUT2D eigenvalue weighted by Gasteiger charge is 2.10. The van der Waals surface area contributed by atoms with Crippen molar-refractivity contribution in [1.29, 1.82) is 0 Å². The van der Waals surface area contributed by atoms with Crippen LogP contribution in [-0.2, 0) is 0 Å². The van der Waals surface area contributed by atoms with E-state index in [9.17, 15) is 0 Å². The number of hydroxylamine groups is 2. The molecular weight excluding hydrogens is 190 g/mol. The molecule has 0 aromatic heterocycles. The van der Waals surface area contributed by atoms with Crippen molar-refractivity contribution in [2.45, 2.75) is 5.50 Å². The topological polar surface area (TPSA) is 32.7 Å². The van der Waals surface area contributed by atoms with E-state index >= 15 is 0 Å². The largest absolute Gasteiger partial charge is 0.497 e. The summed E-state index contributed by atoms with van der Waals surface area (Å²) in [6.07, 6.45) is 0. The highest BCUT2D eigenvalue weighted by molar-refractivity contribution is 6.20. The first-order valence-corrected chi connectivity index (χ1v) is 4.28. The molecule has 1 aromatic carbocycles. The highest BCUT2D eigenvalue weighted by atomic mass is 35.5. The maximum Gasteiger partial charge on any atom is 0.133 e. The summed E-state index contributed by atoms with van der Waals surface area (Å²) in [6.45, 7) is 0. The Hall–Kier alpha value is -0.770. The standard InChI is InChI=1S/C9H12ClNO2/c1-11(12)9(10)7-3-5-8(13-2)6-4-7/h3-6,9,12H,1-2H3. The van der Waals surface area contributed by atoms with Crippen LogP contribution in [0.2, 0.25) is 0 Å². The Morgan fingerprint density at radius 2 is 1.92 bits per heavy atom. The minimum atomic E-state index is -0.522. The molecule has 3 nitrogen and oxygen atoms in total. The van der Waals surface area contributed by atoms with E-state index in [0.29, 0.717) is 0 Å². The SMILES string of the molecule is COc1ccc(C(Cl)N(C)O)cc1. The van der Waals surface area contributed by atoms with Crippen LogP contribution in [0.4, 0.5) is 0 Å². The van der Waals surface area contributed by atoms with E-state index in [-0.39, 0.29) is 0 Å². The number of rotatable bonds is 3. The van der Waals surface area contributed by atoms with Crippen LogP contribution in [0.15, 0.2) is 24.3 Å². The van der Waals surface area contributed by atoms with E-state index in [1.165, 1.54) is 7.05 Å². The van der Waals surface area contributed by atoms with E-state index in [4.69, 9.17) is 21.5 Å². The van der Waals surface area contributed by atoms with Gasteiger partial charge in [-0.3, -0.25) is 0 Å². The third-order valence-corrected chi connectivity index (χ3v) is 2.25. The molecule has 0 aliphatic carbocycles. The minimum Gasteiger partial charge on any atom is -0.497 e. The summed E-state index contributed by atoms with van der Waals surface area (Å²) in [6, 6.07) is 7.22. The first-order valence-electron chi connectivity index (χ1n) is 3.85. The lowest BCUT2D eigenvalue weighted by Gasteiger charge is -2.15. The number of halogens is 1. The Bertz CT molecular complexity index is 261. The van der Waals surface area contributed by atoms with Gasteiger partial charge in [-0.15, -0.1) is 0 Å². The summed E-state index contributed by atoms with van der Waals surface area (Å²) in [5, 5.41) is 10.0. The van der Waals surface area contributed by atoms with Crippen molar-refractivity contribution in [2.24, 2.45) is 0 Å². The Morgan fingerprint density at radius 3 is 2.31 bits per heavy atom. The molecule has 0 saturated heterocycles. The molecule has 0 amide bonds. The second-order valence-corrected chi connectivity index (χ2v) is 3.10. The minimum absolute atomic E-state index is 0.522. The van der Waals surface area contributed by atoms with E-state index in [1.807, 2.05) is 12.1 Å². The molecule has 1 atom stereocenters. The van der Waals surface area contributed by atoms with Gasteiger partial charge in [0.2, 0.25) is 0 Å². The van der Waals surface area contributed by atoms with Gasteiger partial charge >= 0.3 is 0 Å². The third-order valence-electron chi connectivity index (χ3n) is 1.72. The van der Waals surface area contributed by atoms with Gasteiger partial charge in [-0.2, -0.15) is 5.06 Å². The van der Waals surface area contributed by atoms with Gasteiger partial charge in [0, 0.05) is 7.05 Å². The van der Waals surface area contributed by atoms with Crippen molar-refractivity contribution < 1.29 is 9.94 Å². The molecule has 4 heteroatoms. The average Bonchev–Trinajstić information content (AvgIpc) is 2.17. The van der Waals surface area contributed by atoms with E-state index < -0.39 is 5.50 Å². The molecule has 0 saturated carbocycles. The molecule has 1 rings (SSSR count). The molecule has 0 heterocycles. The second kappa shape index (κ2) is 4.46. The van der Waals surface area contributed by atoms with Crippen LogP contribution >= 0.6 is 11.6 Å². The van der Waals surface area contributed by atoms with Gasteiger partial charge in [-0.25, -0.2) is 0 Å². The van der Waals surface area contributed by atoms with Crippen LogP contribution in [0, 0.1) is 0 Å². The molecule has 1 unspecified atom stereocenters. The van der Waals surface area contributed by atoms with Crippen molar-refractivity contribution in [2.75, 3.05) is 14.2 Å². The fraction of sp³-hybridized carbons (Fsp3) is 0.333. The highest BCUT2D eigenvalue weighted by Crippen LogP contribution is 2.23. The quantitative estimate of drug-likeness (QED) is 0.463. The zero-order valence-electron chi connectivity index (χ0n) is 7.57. The first kappa shape index (κ1) is 10.3. The molecule has 0 bridgehead atoms. The molecule has 0 radical (unpaired) electrons. The maximum atomic E-state index is 9.07. The molecule has 0 spiro atoms. The van der Waals surface area contributed by atoms with Crippen LogP contribution in [-0.4, -0.2) is 24.4 Å². The predicted octanol–water partition coefficient (Wildman–Crippen LogP) is 2.25. The molecule has 1 aromatic rings. The van der Waals surface area contributed by atoms with E-state index in [2.05, 4.69) is 0 Å². The molecule has 0 aliphatic rings. The van der Waals surface area contributed by atoms with Crippen LogP contribution < -0.4 is 4.74 Å². The van der Waals surface area contributed by atoms with Crippen molar-refractivity contribution >= 4 is 11.6 Å². The Kier molecular flexibility index (Phi) is 3.54. The van der Waals surface area contributed by atoms with Crippen LogP contribution in [0.3, 0.4) is 0 Å². The summed E-state index contributed by atoms with van der Waals surface area (Å²) < 4.78 is 4.99. The average molecular weight is 202 g/mol. The molecule has 1 N–H and O–H groups in total. The van der Waals surface area contributed by atoms with Gasteiger partial charge in [-0.1, -0.05) is 23.7 Å². The first-order chi connectivity index (χ1) is 6.15. The Morgan fingerprint density at radius 1 is 1.38 bits per heavy atom. The Balaban J connectivity index is 2.79. The molecule has 0 aliphatic heterocycles. The maximum absolute atomic E-state index is 9.07. The van der Waals surface area contributed by atoms with Gasteiger partial charge < -0.3 is 9.94 Å². The lowest BCUT2D eigenvalue weighted by molar-refractivity contribution is -0.0790. The number of ether oxygens (including phenoxy) is 1. The van der Waals surface area contributed by atoms with Crippen molar-refractivity contribution in [1.82, 2.24) is 5.06 Å². The number of benzene rings is 1. The van der Waals surface area contributed by atoms with E-state index in [1.54, 1.807) is 19.2 Å². The van der Waals surface area contributed by atoms with Gasteiger partial charge in [0.05, 0.1) is 7.11 Å². The molecular formula is C9H12ClNO2. The second-order valence-electron chi connectivity index (χ2n) is 2.68. The lowest BCUT2D eigenvalue weighted by Crippen LogP contribution is -2.15. The normalized spacial score (nSPS) is 13.0. The summed E-state index contributed by atoms with van der Waals surface area (Å²) in [4.78, 5) is 0. The van der Waals surface area contributed by atoms with Gasteiger partial charge in [0.25, 0.3) is 0 Å². The number of methoxy groups -OCH3 is 1. The van der Waals surface area contributed by atoms with Crippen LogP contribution in [0.1, 0.15) is 11.1 Å². The van der Waals surface area contributed by atoms with Crippen molar-refractivity contribution in [3.8, 4) is 5.75 Å². The smallest absolute Gasteiger partial charge is 0.133 e. The molecule has 0 fully saturated rings. The predicted molar refractivity (Wildman–Crippen MR) is 51.1 cm³/mol. The number of hydrogen-bond donors (Lipinski definition) is 1. The summed E-state index contributed by atoms with van der Waals surface area (Å²) >= 11 is 5.87. The zero-order valence-corrected chi connectivity index (χ0v) is 8.32. The fourth-order valence-electron chi connectivity index (χ4n) is 0.978. The molecule has 13 heavy (non-hydrogen) atoms. The number of alkyl halides is 1. The summed E-state index contributed by atoms with van der Waals surface area (Å²) in [7, 11) is 3.10. The van der Waals surface area contributed by atoms with Crippen LogP contribution in [0.25, 0.3) is 0 Å². The van der Waals surface area contributed by atoms with E-state index in [0.717, 1.165) is 16.4 Å². The van der Waals surface area contributed by atoms with Gasteiger partial charge in [0.15, 0.2) is 0 Å². The summed E-state index contributed by atoms with van der Waals surface area (Å²) in [5.74, 6) is 0.771. The fourth-order valence-corrected chi connectivity index (χ4v) is 1.12. The summed E-state index contributed by atoms with van der Waals surface area (Å²) in [5.41, 5.74) is 0.304. The van der Waals surface area contributed by atoms with Gasteiger partial charge in [0.1, 0.15) is 11.3 Å². The number of nitrogens with zero attached hydrogens (tertiary/aromatic N) is 1. The lowest BCUT2D eigenvalue weighted by atomic mass is 10.2. The third kappa shape index (κ3) is 2.59.